The number of hydrogen-bond donors (Lipinski definition) is 1. The van der Waals surface area contributed by atoms with E-state index in [0.29, 0.717) is 22.7 Å². The predicted octanol–water partition coefficient (Wildman–Crippen LogP) is 3.35. The number of benzene rings is 2. The number of oxazole rings is 1. The van der Waals surface area contributed by atoms with Crippen LogP contribution in [0.5, 0.6) is 0 Å². The summed E-state index contributed by atoms with van der Waals surface area (Å²) in [6.45, 7) is 2.43. The molecule has 0 fully saturated rings. The third kappa shape index (κ3) is 2.48. The lowest BCUT2D eigenvalue weighted by atomic mass is 10.0. The summed E-state index contributed by atoms with van der Waals surface area (Å²) in [6, 6.07) is 12.3. The van der Waals surface area contributed by atoms with Crippen molar-refractivity contribution >= 4 is 22.7 Å². The Morgan fingerprint density at radius 3 is 2.52 bits per heavy atom. The van der Waals surface area contributed by atoms with Gasteiger partial charge >= 0.3 is 5.76 Å². The average molecular weight is 304 g/mol. The van der Waals surface area contributed by atoms with Gasteiger partial charge in [0.1, 0.15) is 6.10 Å². The highest BCUT2D eigenvalue weighted by molar-refractivity contribution is 6.30. The van der Waals surface area contributed by atoms with Gasteiger partial charge in [-0.2, -0.15) is 0 Å². The Morgan fingerprint density at radius 1 is 1.19 bits per heavy atom. The molecule has 1 atom stereocenters. The Bertz CT molecular complexity index is 833. The van der Waals surface area contributed by atoms with Crippen LogP contribution in [0.15, 0.2) is 51.7 Å². The molecule has 1 aromatic heterocycles. The molecule has 0 spiro atoms. The van der Waals surface area contributed by atoms with Gasteiger partial charge in [0.2, 0.25) is 0 Å². The zero-order valence-electron chi connectivity index (χ0n) is 11.4. The monoisotopic (exact) mass is 303 g/mol. The second kappa shape index (κ2) is 5.39. The number of aliphatic hydroxyl groups is 1. The molecule has 0 aliphatic rings. The summed E-state index contributed by atoms with van der Waals surface area (Å²) in [7, 11) is 0. The summed E-state index contributed by atoms with van der Waals surface area (Å²) in [6.07, 6.45) is -0.790. The minimum Gasteiger partial charge on any atom is -0.408 e. The maximum absolute atomic E-state index is 11.7. The summed E-state index contributed by atoms with van der Waals surface area (Å²) in [5.41, 5.74) is 2.61. The van der Waals surface area contributed by atoms with Gasteiger partial charge in [0.05, 0.1) is 5.52 Å². The van der Waals surface area contributed by atoms with Crippen molar-refractivity contribution in [3.05, 3.63) is 69.2 Å². The van der Waals surface area contributed by atoms with E-state index in [1.807, 2.05) is 6.92 Å². The standard InChI is InChI=1S/C16H14ClNO3/c1-2-18-13-8-5-11(9-14(13)21-16(18)20)15(19)10-3-6-12(17)7-4-10/h3-9,15,19H,2H2,1H3. The smallest absolute Gasteiger partial charge is 0.408 e. The highest BCUT2D eigenvalue weighted by atomic mass is 35.5. The van der Waals surface area contributed by atoms with Crippen molar-refractivity contribution in [3.8, 4) is 0 Å². The van der Waals surface area contributed by atoms with Crippen molar-refractivity contribution in [2.45, 2.75) is 19.6 Å². The molecule has 0 saturated heterocycles. The molecular weight excluding hydrogens is 290 g/mol. The number of nitrogens with zero attached hydrogens (tertiary/aromatic N) is 1. The van der Waals surface area contributed by atoms with Crippen molar-refractivity contribution in [3.63, 3.8) is 0 Å². The van der Waals surface area contributed by atoms with Gasteiger partial charge in [0, 0.05) is 11.6 Å². The lowest BCUT2D eigenvalue weighted by Gasteiger charge is -2.11. The number of aromatic nitrogens is 1. The second-order valence-electron chi connectivity index (χ2n) is 4.79. The minimum atomic E-state index is -0.790. The summed E-state index contributed by atoms with van der Waals surface area (Å²) >= 11 is 5.84. The lowest BCUT2D eigenvalue weighted by Crippen LogP contribution is -2.11. The first-order valence-corrected chi connectivity index (χ1v) is 7.04. The van der Waals surface area contributed by atoms with Gasteiger partial charge in [-0.15, -0.1) is 0 Å². The molecular formula is C16H14ClNO3. The average Bonchev–Trinajstić information content (AvgIpc) is 2.81. The van der Waals surface area contributed by atoms with Crippen molar-refractivity contribution in [2.75, 3.05) is 0 Å². The quantitative estimate of drug-likeness (QED) is 0.807. The fourth-order valence-corrected chi connectivity index (χ4v) is 2.52. The molecule has 2 aromatic carbocycles. The number of halogens is 1. The van der Waals surface area contributed by atoms with Crippen LogP contribution < -0.4 is 5.76 Å². The van der Waals surface area contributed by atoms with E-state index in [4.69, 9.17) is 16.0 Å². The van der Waals surface area contributed by atoms with Crippen molar-refractivity contribution < 1.29 is 9.52 Å². The second-order valence-corrected chi connectivity index (χ2v) is 5.23. The molecule has 1 N–H and O–H groups in total. The molecule has 3 aromatic rings. The first-order valence-electron chi connectivity index (χ1n) is 6.67. The molecule has 3 rings (SSSR count). The van der Waals surface area contributed by atoms with E-state index in [-0.39, 0.29) is 5.76 Å². The summed E-state index contributed by atoms with van der Waals surface area (Å²) in [5, 5.41) is 11.0. The molecule has 108 valence electrons. The van der Waals surface area contributed by atoms with Crippen LogP contribution in [0.3, 0.4) is 0 Å². The fraction of sp³-hybridized carbons (Fsp3) is 0.188. The third-order valence-corrected chi connectivity index (χ3v) is 3.76. The van der Waals surface area contributed by atoms with Gasteiger partial charge < -0.3 is 9.52 Å². The zero-order chi connectivity index (χ0) is 15.0. The topological polar surface area (TPSA) is 55.4 Å². The van der Waals surface area contributed by atoms with Gasteiger partial charge in [-0.3, -0.25) is 4.57 Å². The SMILES string of the molecule is CCn1c(=O)oc2cc(C(O)c3ccc(Cl)cc3)ccc21. The molecule has 0 aliphatic carbocycles. The number of hydrogen-bond acceptors (Lipinski definition) is 3. The van der Waals surface area contributed by atoms with Gasteiger partial charge in [-0.25, -0.2) is 4.79 Å². The third-order valence-electron chi connectivity index (χ3n) is 3.51. The van der Waals surface area contributed by atoms with E-state index in [2.05, 4.69) is 0 Å². The van der Waals surface area contributed by atoms with Crippen LogP contribution in [0.4, 0.5) is 0 Å². The fourth-order valence-electron chi connectivity index (χ4n) is 2.39. The molecule has 0 aliphatic heterocycles. The van der Waals surface area contributed by atoms with Gasteiger partial charge in [0.15, 0.2) is 5.58 Å². The largest absolute Gasteiger partial charge is 0.419 e. The molecule has 0 saturated carbocycles. The van der Waals surface area contributed by atoms with E-state index in [9.17, 15) is 9.90 Å². The van der Waals surface area contributed by atoms with Crippen molar-refractivity contribution in [1.29, 1.82) is 0 Å². The Labute approximate surface area is 126 Å². The van der Waals surface area contributed by atoms with Crippen LogP contribution in [-0.2, 0) is 6.54 Å². The number of fused-ring (bicyclic) bond motifs is 1. The first kappa shape index (κ1) is 13.9. The number of aliphatic hydroxyl groups excluding tert-OH is 1. The Kier molecular flexibility index (Phi) is 3.57. The summed E-state index contributed by atoms with van der Waals surface area (Å²) in [4.78, 5) is 11.7. The van der Waals surface area contributed by atoms with Crippen molar-refractivity contribution in [2.24, 2.45) is 0 Å². The molecule has 0 bridgehead atoms. The predicted molar refractivity (Wildman–Crippen MR) is 81.7 cm³/mol. The van der Waals surface area contributed by atoms with E-state index >= 15 is 0 Å². The van der Waals surface area contributed by atoms with E-state index in [1.54, 1.807) is 47.0 Å². The molecule has 0 amide bonds. The number of rotatable bonds is 3. The van der Waals surface area contributed by atoms with E-state index in [1.165, 1.54) is 0 Å². The van der Waals surface area contributed by atoms with Gasteiger partial charge in [-0.05, 0) is 42.3 Å². The highest BCUT2D eigenvalue weighted by Gasteiger charge is 2.14. The van der Waals surface area contributed by atoms with Crippen LogP contribution in [0, 0.1) is 0 Å². The van der Waals surface area contributed by atoms with Gasteiger partial charge in [-0.1, -0.05) is 29.8 Å². The Balaban J connectivity index is 2.04. The Hall–Kier alpha value is -2.04. The highest BCUT2D eigenvalue weighted by Crippen LogP contribution is 2.26. The molecule has 4 nitrogen and oxygen atoms in total. The van der Waals surface area contributed by atoms with E-state index in [0.717, 1.165) is 11.1 Å². The lowest BCUT2D eigenvalue weighted by molar-refractivity contribution is 0.220. The van der Waals surface area contributed by atoms with Crippen LogP contribution in [0.2, 0.25) is 5.02 Å². The van der Waals surface area contributed by atoms with Crippen LogP contribution in [0.1, 0.15) is 24.2 Å². The van der Waals surface area contributed by atoms with Crippen LogP contribution in [-0.4, -0.2) is 9.67 Å². The van der Waals surface area contributed by atoms with Crippen LogP contribution >= 0.6 is 11.6 Å². The van der Waals surface area contributed by atoms with Crippen LogP contribution in [0.25, 0.3) is 11.1 Å². The van der Waals surface area contributed by atoms with E-state index < -0.39 is 6.10 Å². The zero-order valence-corrected chi connectivity index (χ0v) is 12.2. The summed E-state index contributed by atoms with van der Waals surface area (Å²) in [5.74, 6) is -0.384. The molecule has 21 heavy (non-hydrogen) atoms. The molecule has 1 heterocycles. The van der Waals surface area contributed by atoms with Crippen molar-refractivity contribution in [1.82, 2.24) is 4.57 Å². The molecule has 1 unspecified atom stereocenters. The minimum absolute atomic E-state index is 0.384. The normalized spacial score (nSPS) is 12.7. The number of aryl methyl sites for hydroxylation is 1. The van der Waals surface area contributed by atoms with Gasteiger partial charge in [0.25, 0.3) is 0 Å². The molecule has 0 radical (unpaired) electrons. The maximum atomic E-state index is 11.7. The Morgan fingerprint density at radius 2 is 1.86 bits per heavy atom. The maximum Gasteiger partial charge on any atom is 0.419 e. The molecule has 5 heteroatoms. The first-order chi connectivity index (χ1) is 10.1. The summed E-state index contributed by atoms with van der Waals surface area (Å²) < 4.78 is 6.76.